The molecule has 0 aliphatic rings. The van der Waals surface area contributed by atoms with Crippen molar-refractivity contribution in [3.05, 3.63) is 29.8 Å². The summed E-state index contributed by atoms with van der Waals surface area (Å²) in [5.41, 5.74) is 1.30. The fourth-order valence-corrected chi connectivity index (χ4v) is 1.50. The molecule has 5 nitrogen and oxygen atoms in total. The van der Waals surface area contributed by atoms with Crippen molar-refractivity contribution in [2.75, 3.05) is 32.7 Å². The van der Waals surface area contributed by atoms with Crippen molar-refractivity contribution in [2.24, 2.45) is 0 Å². The Hall–Kier alpha value is -1.59. The zero-order valence-electron chi connectivity index (χ0n) is 10.1. The third kappa shape index (κ3) is 3.72. The molecule has 0 heterocycles. The third-order valence-corrected chi connectivity index (χ3v) is 2.36. The van der Waals surface area contributed by atoms with Gasteiger partial charge in [0.25, 0.3) is 5.91 Å². The first-order valence-corrected chi connectivity index (χ1v) is 5.40. The number of rotatable bonds is 6. The van der Waals surface area contributed by atoms with Gasteiger partial charge in [0.05, 0.1) is 24.8 Å². The molecule has 1 unspecified atom stereocenters. The lowest BCUT2D eigenvalue weighted by Crippen LogP contribution is -2.40. The first-order chi connectivity index (χ1) is 8.22. The largest absolute Gasteiger partial charge is 0.394 e. The van der Waals surface area contributed by atoms with Crippen LogP contribution in [0.25, 0.3) is 0 Å². The summed E-state index contributed by atoms with van der Waals surface area (Å²) >= 11 is 0. The van der Waals surface area contributed by atoms with E-state index in [4.69, 9.17) is 9.84 Å². The molecule has 0 aliphatic heterocycles. The highest BCUT2D eigenvalue weighted by Crippen LogP contribution is 2.13. The smallest absolute Gasteiger partial charge is 0.253 e. The Morgan fingerprint density at radius 1 is 1.47 bits per heavy atom. The van der Waals surface area contributed by atoms with Crippen LogP contribution in [0.3, 0.4) is 0 Å². The van der Waals surface area contributed by atoms with E-state index < -0.39 is 6.04 Å². The van der Waals surface area contributed by atoms with Gasteiger partial charge in [-0.2, -0.15) is 0 Å². The normalized spacial score (nSPS) is 11.9. The van der Waals surface area contributed by atoms with Crippen molar-refractivity contribution in [2.45, 2.75) is 6.04 Å². The summed E-state index contributed by atoms with van der Waals surface area (Å²) in [6.07, 6.45) is 0. The summed E-state index contributed by atoms with van der Waals surface area (Å²) in [4.78, 5) is 12.0. The fourth-order valence-electron chi connectivity index (χ4n) is 1.50. The first-order valence-electron chi connectivity index (χ1n) is 5.40. The molecular formula is C12H18N2O3. The average molecular weight is 238 g/mol. The molecule has 1 aromatic rings. The highest BCUT2D eigenvalue weighted by atomic mass is 16.5. The molecule has 0 fully saturated rings. The minimum Gasteiger partial charge on any atom is -0.394 e. The maximum Gasteiger partial charge on any atom is 0.253 e. The minimum atomic E-state index is -0.391. The molecule has 0 saturated carbocycles. The highest BCUT2D eigenvalue weighted by Gasteiger charge is 2.14. The number of carbonyl (C=O) groups excluding carboxylic acids is 1. The molecule has 1 amide bonds. The number of nitrogens with one attached hydrogen (secondary N) is 2. The molecule has 0 aromatic heterocycles. The van der Waals surface area contributed by atoms with Crippen LogP contribution in [0.15, 0.2) is 24.3 Å². The molecule has 0 saturated heterocycles. The van der Waals surface area contributed by atoms with Crippen LogP contribution in [0.5, 0.6) is 0 Å². The molecule has 0 bridgehead atoms. The molecular weight excluding hydrogens is 220 g/mol. The number of hydrogen-bond donors (Lipinski definition) is 3. The van der Waals surface area contributed by atoms with Gasteiger partial charge < -0.3 is 20.5 Å². The van der Waals surface area contributed by atoms with Crippen molar-refractivity contribution in [3.63, 3.8) is 0 Å². The van der Waals surface area contributed by atoms with E-state index in [9.17, 15) is 4.79 Å². The van der Waals surface area contributed by atoms with Crippen LogP contribution in [-0.4, -0.2) is 44.4 Å². The molecule has 1 rings (SSSR count). The van der Waals surface area contributed by atoms with Crippen molar-refractivity contribution in [3.8, 4) is 0 Å². The number of methoxy groups -OCH3 is 1. The van der Waals surface area contributed by atoms with Crippen molar-refractivity contribution >= 4 is 11.6 Å². The van der Waals surface area contributed by atoms with Crippen LogP contribution in [0, 0.1) is 0 Å². The van der Waals surface area contributed by atoms with E-state index >= 15 is 0 Å². The maximum atomic E-state index is 12.0. The molecule has 94 valence electrons. The lowest BCUT2D eigenvalue weighted by atomic mass is 10.1. The van der Waals surface area contributed by atoms with Gasteiger partial charge in [-0.05, 0) is 12.1 Å². The zero-order chi connectivity index (χ0) is 12.7. The monoisotopic (exact) mass is 238 g/mol. The second-order valence-corrected chi connectivity index (χ2v) is 3.60. The van der Waals surface area contributed by atoms with Crippen LogP contribution in [-0.2, 0) is 4.74 Å². The van der Waals surface area contributed by atoms with E-state index in [1.54, 1.807) is 19.2 Å². The summed E-state index contributed by atoms with van der Waals surface area (Å²) in [5.74, 6) is -0.231. The Kier molecular flexibility index (Phi) is 5.45. The second-order valence-electron chi connectivity index (χ2n) is 3.60. The van der Waals surface area contributed by atoms with Crippen LogP contribution in [0.2, 0.25) is 0 Å². The summed E-state index contributed by atoms with van der Waals surface area (Å²) in [5, 5.41) is 14.7. The Balaban J connectivity index is 2.75. The molecule has 0 aliphatic carbocycles. The second kappa shape index (κ2) is 6.88. The van der Waals surface area contributed by atoms with Crippen molar-refractivity contribution < 1.29 is 14.6 Å². The van der Waals surface area contributed by atoms with Crippen LogP contribution in [0.4, 0.5) is 5.69 Å². The number of carbonyl (C=O) groups is 1. The predicted octanol–water partition coefficient (Wildman–Crippen LogP) is 0.465. The van der Waals surface area contributed by atoms with Crippen LogP contribution < -0.4 is 10.6 Å². The molecule has 0 spiro atoms. The standard InChI is InChI=1S/C12H18N2O3/c1-13-11-6-4-3-5-10(11)12(16)14-9(7-15)8-17-2/h3-6,9,13,15H,7-8H2,1-2H3,(H,14,16). The summed E-state index contributed by atoms with van der Waals surface area (Å²) in [6.45, 7) is 0.130. The quantitative estimate of drug-likeness (QED) is 0.673. The predicted molar refractivity (Wildman–Crippen MR) is 66.2 cm³/mol. The SMILES string of the molecule is CNc1ccccc1C(=O)NC(CO)COC. The number of ether oxygens (including phenoxy) is 1. The number of hydrogen-bond acceptors (Lipinski definition) is 4. The maximum absolute atomic E-state index is 12.0. The molecule has 0 radical (unpaired) electrons. The number of aliphatic hydroxyl groups is 1. The van der Waals surface area contributed by atoms with E-state index in [1.807, 2.05) is 12.1 Å². The summed E-state index contributed by atoms with van der Waals surface area (Å²) < 4.78 is 4.90. The van der Waals surface area contributed by atoms with E-state index in [2.05, 4.69) is 10.6 Å². The number of benzene rings is 1. The molecule has 1 atom stereocenters. The Morgan fingerprint density at radius 2 is 2.18 bits per heavy atom. The van der Waals surface area contributed by atoms with Crippen LogP contribution in [0.1, 0.15) is 10.4 Å². The van der Waals surface area contributed by atoms with Gasteiger partial charge in [-0.1, -0.05) is 12.1 Å². The van der Waals surface area contributed by atoms with E-state index in [1.165, 1.54) is 7.11 Å². The van der Waals surface area contributed by atoms with Gasteiger partial charge in [0.1, 0.15) is 0 Å². The Labute approximate surface area is 101 Å². The van der Waals surface area contributed by atoms with Gasteiger partial charge in [0.2, 0.25) is 0 Å². The molecule has 5 heteroatoms. The summed E-state index contributed by atoms with van der Waals surface area (Å²) in [7, 11) is 3.28. The van der Waals surface area contributed by atoms with Gasteiger partial charge in [-0.15, -0.1) is 0 Å². The number of para-hydroxylation sites is 1. The molecule has 17 heavy (non-hydrogen) atoms. The lowest BCUT2D eigenvalue weighted by Gasteiger charge is -2.16. The number of anilines is 1. The van der Waals surface area contributed by atoms with Gasteiger partial charge >= 0.3 is 0 Å². The fraction of sp³-hybridized carbons (Fsp3) is 0.417. The van der Waals surface area contributed by atoms with Gasteiger partial charge in [-0.3, -0.25) is 4.79 Å². The Bertz CT molecular complexity index is 369. The van der Waals surface area contributed by atoms with E-state index in [-0.39, 0.29) is 19.1 Å². The molecule has 1 aromatic carbocycles. The number of aliphatic hydroxyl groups excluding tert-OH is 1. The topological polar surface area (TPSA) is 70.6 Å². The number of amides is 1. The highest BCUT2D eigenvalue weighted by molar-refractivity contribution is 5.99. The summed E-state index contributed by atoms with van der Waals surface area (Å²) in [6, 6.07) is 6.79. The average Bonchev–Trinajstić information content (AvgIpc) is 2.38. The third-order valence-electron chi connectivity index (χ3n) is 2.36. The van der Waals surface area contributed by atoms with E-state index in [0.717, 1.165) is 5.69 Å². The van der Waals surface area contributed by atoms with Crippen LogP contribution >= 0.6 is 0 Å². The lowest BCUT2D eigenvalue weighted by molar-refractivity contribution is 0.0840. The van der Waals surface area contributed by atoms with E-state index in [0.29, 0.717) is 5.56 Å². The Morgan fingerprint density at radius 3 is 2.76 bits per heavy atom. The van der Waals surface area contributed by atoms with Crippen molar-refractivity contribution in [1.82, 2.24) is 5.32 Å². The van der Waals surface area contributed by atoms with Gasteiger partial charge in [-0.25, -0.2) is 0 Å². The van der Waals surface area contributed by atoms with Gasteiger partial charge in [0, 0.05) is 19.8 Å². The zero-order valence-corrected chi connectivity index (χ0v) is 10.1. The van der Waals surface area contributed by atoms with Gasteiger partial charge in [0.15, 0.2) is 0 Å². The molecule has 3 N–H and O–H groups in total. The van der Waals surface area contributed by atoms with Crippen molar-refractivity contribution in [1.29, 1.82) is 0 Å². The minimum absolute atomic E-state index is 0.151. The first kappa shape index (κ1) is 13.5.